The molecular weight excluding hydrogens is 364 g/mol. The van der Waals surface area contributed by atoms with E-state index in [9.17, 15) is 4.79 Å². The second kappa shape index (κ2) is 7.60. The lowest BCUT2D eigenvalue weighted by molar-refractivity contribution is 0.222. The van der Waals surface area contributed by atoms with E-state index in [-0.39, 0.29) is 4.87 Å². The van der Waals surface area contributed by atoms with Gasteiger partial charge in [0, 0.05) is 31.6 Å². The Morgan fingerprint density at radius 1 is 1.38 bits per heavy atom. The Balaban J connectivity index is 1.56. The molecule has 2 aromatic heterocycles. The van der Waals surface area contributed by atoms with Crippen LogP contribution in [-0.2, 0) is 20.1 Å². The van der Waals surface area contributed by atoms with Gasteiger partial charge < -0.3 is 9.88 Å². The summed E-state index contributed by atoms with van der Waals surface area (Å²) in [6, 6.07) is 6.42. The number of nitrogens with one attached hydrogen (secondary N) is 1. The molecule has 3 aromatic rings. The molecule has 0 saturated carbocycles. The quantitative estimate of drug-likeness (QED) is 0.705. The van der Waals surface area contributed by atoms with Gasteiger partial charge in [0.05, 0.1) is 21.4 Å². The van der Waals surface area contributed by atoms with Gasteiger partial charge in [0.15, 0.2) is 0 Å². The number of aromatic nitrogens is 2. The van der Waals surface area contributed by atoms with E-state index in [4.69, 9.17) is 0 Å². The van der Waals surface area contributed by atoms with Crippen LogP contribution in [0, 0.1) is 12.8 Å². The van der Waals surface area contributed by atoms with Crippen LogP contribution in [-0.4, -0.2) is 34.1 Å². The zero-order valence-corrected chi connectivity index (χ0v) is 16.8. The molecule has 3 heterocycles. The molecule has 0 radical (unpaired) electrons. The summed E-state index contributed by atoms with van der Waals surface area (Å²) in [5, 5.41) is 3.47. The minimum absolute atomic E-state index is 0.103. The molecule has 1 fully saturated rings. The maximum absolute atomic E-state index is 11.9. The number of hydrogen-bond donors (Lipinski definition) is 1. The Bertz CT molecular complexity index is 952. The smallest absolute Gasteiger partial charge is 0.307 e. The van der Waals surface area contributed by atoms with Gasteiger partial charge in [0.2, 0.25) is 0 Å². The van der Waals surface area contributed by atoms with E-state index in [0.717, 1.165) is 48.6 Å². The van der Waals surface area contributed by atoms with Gasteiger partial charge in [-0.3, -0.25) is 9.69 Å². The van der Waals surface area contributed by atoms with E-state index in [0.29, 0.717) is 5.92 Å². The Morgan fingerprint density at radius 2 is 2.27 bits per heavy atom. The van der Waals surface area contributed by atoms with Crippen LogP contribution in [0.2, 0.25) is 0 Å². The third kappa shape index (κ3) is 3.76. The highest BCUT2D eigenvalue weighted by Crippen LogP contribution is 2.23. The molecule has 5 nitrogen and oxygen atoms in total. The third-order valence-electron chi connectivity index (χ3n) is 5.15. The van der Waals surface area contributed by atoms with E-state index in [1.54, 1.807) is 15.9 Å². The summed E-state index contributed by atoms with van der Waals surface area (Å²) in [7, 11) is 1.84. The van der Waals surface area contributed by atoms with Crippen molar-refractivity contribution in [3.8, 4) is 0 Å². The van der Waals surface area contributed by atoms with Gasteiger partial charge in [-0.2, -0.15) is 0 Å². The number of nitrogens with zero attached hydrogens (tertiary/aromatic N) is 3. The van der Waals surface area contributed by atoms with E-state index < -0.39 is 0 Å². The maximum atomic E-state index is 11.9. The molecule has 4 rings (SSSR count). The molecule has 1 aliphatic rings. The van der Waals surface area contributed by atoms with Gasteiger partial charge in [-0.15, -0.1) is 11.3 Å². The SMILES string of the molecule is Cc1ncsc1CN(Cc1ccc2c(c1)sc(=O)n2C)CC1CCNC1. The molecule has 138 valence electrons. The zero-order valence-electron chi connectivity index (χ0n) is 15.2. The molecule has 1 saturated heterocycles. The van der Waals surface area contributed by atoms with Gasteiger partial charge in [0.25, 0.3) is 0 Å². The van der Waals surface area contributed by atoms with Crippen molar-refractivity contribution in [1.82, 2.24) is 19.8 Å². The van der Waals surface area contributed by atoms with Crippen LogP contribution in [0.4, 0.5) is 0 Å². The van der Waals surface area contributed by atoms with Crippen molar-refractivity contribution < 1.29 is 0 Å². The lowest BCUT2D eigenvalue weighted by Gasteiger charge is -2.25. The van der Waals surface area contributed by atoms with E-state index >= 15 is 0 Å². The number of aryl methyl sites for hydroxylation is 2. The molecule has 1 N–H and O–H groups in total. The first-order valence-electron chi connectivity index (χ1n) is 9.00. The summed E-state index contributed by atoms with van der Waals surface area (Å²) in [5.74, 6) is 0.708. The number of rotatable bonds is 6. The lowest BCUT2D eigenvalue weighted by Crippen LogP contribution is -2.30. The first kappa shape index (κ1) is 17.9. The standard InChI is InChI=1S/C19H24N4OS2/c1-13-18(25-12-21-13)11-23(10-15-5-6-20-8-15)9-14-3-4-16-17(7-14)26-19(24)22(16)2/h3-4,7,12,15,20H,5-6,8-11H2,1-2H3. The molecule has 1 atom stereocenters. The van der Waals surface area contributed by atoms with Crippen molar-refractivity contribution in [2.24, 2.45) is 13.0 Å². The lowest BCUT2D eigenvalue weighted by atomic mass is 10.1. The molecule has 26 heavy (non-hydrogen) atoms. The first-order chi connectivity index (χ1) is 12.6. The Kier molecular flexibility index (Phi) is 5.22. The first-order valence-corrected chi connectivity index (χ1v) is 10.7. The molecule has 0 aliphatic carbocycles. The molecule has 1 aliphatic heterocycles. The van der Waals surface area contributed by atoms with Gasteiger partial charge in [0.1, 0.15) is 0 Å². The topological polar surface area (TPSA) is 50.2 Å². The van der Waals surface area contributed by atoms with Crippen LogP contribution in [0.1, 0.15) is 22.6 Å². The normalized spacial score (nSPS) is 17.6. The highest BCUT2D eigenvalue weighted by molar-refractivity contribution is 7.16. The fourth-order valence-corrected chi connectivity index (χ4v) is 5.40. The maximum Gasteiger partial charge on any atom is 0.307 e. The predicted molar refractivity (Wildman–Crippen MR) is 109 cm³/mol. The van der Waals surface area contributed by atoms with Crippen LogP contribution in [0.15, 0.2) is 28.5 Å². The van der Waals surface area contributed by atoms with Gasteiger partial charge in [-0.25, -0.2) is 4.98 Å². The van der Waals surface area contributed by atoms with E-state index in [1.807, 2.05) is 12.6 Å². The summed E-state index contributed by atoms with van der Waals surface area (Å²) >= 11 is 3.07. The van der Waals surface area contributed by atoms with Gasteiger partial charge in [-0.05, 0) is 50.0 Å². The van der Waals surface area contributed by atoms with Crippen molar-refractivity contribution in [3.05, 3.63) is 49.5 Å². The summed E-state index contributed by atoms with van der Waals surface area (Å²) in [6.07, 6.45) is 1.25. The van der Waals surface area contributed by atoms with Gasteiger partial charge in [-0.1, -0.05) is 17.4 Å². The second-order valence-electron chi connectivity index (χ2n) is 7.12. The average molecular weight is 389 g/mol. The summed E-state index contributed by atoms with van der Waals surface area (Å²) < 4.78 is 2.80. The number of fused-ring (bicyclic) bond motifs is 1. The molecule has 0 bridgehead atoms. The van der Waals surface area contributed by atoms with Crippen molar-refractivity contribution in [2.45, 2.75) is 26.4 Å². The van der Waals surface area contributed by atoms with Gasteiger partial charge >= 0.3 is 4.87 Å². The highest BCUT2D eigenvalue weighted by atomic mass is 32.1. The Labute approximate surface area is 161 Å². The van der Waals surface area contributed by atoms with Crippen LogP contribution in [0.5, 0.6) is 0 Å². The Hall–Kier alpha value is -1.54. The molecule has 1 aromatic carbocycles. The average Bonchev–Trinajstić information content (AvgIpc) is 3.32. The molecule has 7 heteroatoms. The monoisotopic (exact) mass is 388 g/mol. The number of benzene rings is 1. The van der Waals surface area contributed by atoms with Crippen molar-refractivity contribution in [3.63, 3.8) is 0 Å². The molecule has 0 spiro atoms. The largest absolute Gasteiger partial charge is 0.316 e. The zero-order chi connectivity index (χ0) is 18.1. The molecular formula is C19H24N4OS2. The minimum atomic E-state index is 0.103. The van der Waals surface area contributed by atoms with Crippen molar-refractivity contribution in [1.29, 1.82) is 0 Å². The molecule has 1 unspecified atom stereocenters. The summed E-state index contributed by atoms with van der Waals surface area (Å²) in [5.41, 5.74) is 5.37. The Morgan fingerprint density at radius 3 is 3.00 bits per heavy atom. The summed E-state index contributed by atoms with van der Waals surface area (Å²) in [6.45, 7) is 7.26. The second-order valence-corrected chi connectivity index (χ2v) is 9.05. The summed E-state index contributed by atoms with van der Waals surface area (Å²) in [4.78, 5) is 20.3. The van der Waals surface area contributed by atoms with Crippen LogP contribution >= 0.6 is 22.7 Å². The minimum Gasteiger partial charge on any atom is -0.316 e. The van der Waals surface area contributed by atoms with Crippen molar-refractivity contribution >= 4 is 32.9 Å². The molecule has 0 amide bonds. The van der Waals surface area contributed by atoms with Crippen LogP contribution in [0.3, 0.4) is 0 Å². The fourth-order valence-electron chi connectivity index (χ4n) is 3.64. The van der Waals surface area contributed by atoms with E-state index in [1.165, 1.54) is 28.2 Å². The predicted octanol–water partition coefficient (Wildman–Crippen LogP) is 2.98. The van der Waals surface area contributed by atoms with Crippen LogP contribution < -0.4 is 10.2 Å². The van der Waals surface area contributed by atoms with Crippen LogP contribution in [0.25, 0.3) is 10.2 Å². The van der Waals surface area contributed by atoms with E-state index in [2.05, 4.69) is 40.3 Å². The fraction of sp³-hybridized carbons (Fsp3) is 0.474. The third-order valence-corrected chi connectivity index (χ3v) is 7.07. The number of hydrogen-bond acceptors (Lipinski definition) is 6. The van der Waals surface area contributed by atoms with Crippen molar-refractivity contribution in [2.75, 3.05) is 19.6 Å². The number of thiazole rings is 2. The highest BCUT2D eigenvalue weighted by Gasteiger charge is 2.20.